The lowest BCUT2D eigenvalue weighted by Crippen LogP contribution is -2.03. The minimum Gasteiger partial charge on any atom is -0.494 e. The van der Waals surface area contributed by atoms with Crippen LogP contribution in [0.5, 0.6) is 5.75 Å². The molecule has 0 fully saturated rings. The van der Waals surface area contributed by atoms with Gasteiger partial charge in [-0.3, -0.25) is 35.1 Å². The van der Waals surface area contributed by atoms with Crippen LogP contribution < -0.4 is 10.1 Å². The van der Waals surface area contributed by atoms with Crippen LogP contribution in [0.25, 0.3) is 0 Å². The largest absolute Gasteiger partial charge is 0.494 e. The summed E-state index contributed by atoms with van der Waals surface area (Å²) in [5.74, 6) is 0.123. The Balaban J connectivity index is 2.64. The summed E-state index contributed by atoms with van der Waals surface area (Å²) in [6.45, 7) is 1.87. The highest BCUT2D eigenvalue weighted by atomic mass is 32.2. The van der Waals surface area contributed by atoms with Gasteiger partial charge in [0.2, 0.25) is 6.41 Å². The zero-order chi connectivity index (χ0) is 20.8. The van der Waals surface area contributed by atoms with E-state index in [0.29, 0.717) is 0 Å². The quantitative estimate of drug-likeness (QED) is 0.370. The number of anilines is 1. The van der Waals surface area contributed by atoms with E-state index in [1.54, 1.807) is 6.92 Å². The predicted molar refractivity (Wildman–Crippen MR) is 97.8 cm³/mol. The maximum Gasteiger partial charge on any atom is 0.297 e. The Labute approximate surface area is 160 Å². The molecule has 28 heavy (non-hydrogen) atoms. The summed E-state index contributed by atoms with van der Waals surface area (Å²) in [4.78, 5) is 42.2. The van der Waals surface area contributed by atoms with E-state index in [4.69, 9.17) is 4.74 Å². The molecule has 0 unspecified atom stereocenters. The molecule has 0 aliphatic carbocycles. The lowest BCUT2D eigenvalue weighted by atomic mass is 10.2. The Bertz CT molecular complexity index is 965. The van der Waals surface area contributed by atoms with Crippen molar-refractivity contribution in [2.75, 3.05) is 11.9 Å². The maximum absolute atomic E-state index is 11.4. The number of nitro benzene ring substituents is 3. The molecule has 0 atom stereocenters. The normalized spacial score (nSPS) is 10.2. The second kappa shape index (κ2) is 8.77. The zero-order valence-corrected chi connectivity index (χ0v) is 15.0. The van der Waals surface area contributed by atoms with E-state index in [0.717, 1.165) is 36.0 Å². The average Bonchev–Trinajstić information content (AvgIpc) is 2.63. The Hall–Kier alpha value is -3.74. The summed E-state index contributed by atoms with van der Waals surface area (Å²) >= 11 is 0.731. The monoisotopic (exact) mass is 408 g/mol. The van der Waals surface area contributed by atoms with E-state index in [-0.39, 0.29) is 34.2 Å². The number of amides is 1. The fourth-order valence-electron chi connectivity index (χ4n) is 2.22. The van der Waals surface area contributed by atoms with Crippen LogP contribution in [0.2, 0.25) is 0 Å². The van der Waals surface area contributed by atoms with Gasteiger partial charge in [-0.05, 0) is 19.1 Å². The van der Waals surface area contributed by atoms with Crippen LogP contribution in [0, 0.1) is 30.3 Å². The van der Waals surface area contributed by atoms with Crippen molar-refractivity contribution >= 4 is 40.9 Å². The van der Waals surface area contributed by atoms with Gasteiger partial charge in [-0.1, -0.05) is 11.8 Å². The van der Waals surface area contributed by atoms with Crippen LogP contribution in [0.4, 0.5) is 22.7 Å². The summed E-state index contributed by atoms with van der Waals surface area (Å²) in [6.07, 6.45) is 0.233. The molecule has 1 amide bonds. The van der Waals surface area contributed by atoms with E-state index in [2.05, 4.69) is 5.32 Å². The van der Waals surface area contributed by atoms with Gasteiger partial charge in [0.1, 0.15) is 11.4 Å². The van der Waals surface area contributed by atoms with Gasteiger partial charge in [0.05, 0.1) is 38.4 Å². The van der Waals surface area contributed by atoms with E-state index < -0.39 is 31.8 Å². The minimum atomic E-state index is -0.803. The molecular formula is C15H12N4O8S. The zero-order valence-electron chi connectivity index (χ0n) is 14.2. The summed E-state index contributed by atoms with van der Waals surface area (Å²) < 4.78 is 5.28. The number of carbonyl (C=O) groups excluding carboxylic acids is 1. The van der Waals surface area contributed by atoms with Crippen molar-refractivity contribution in [1.29, 1.82) is 0 Å². The van der Waals surface area contributed by atoms with Gasteiger partial charge in [0.25, 0.3) is 17.1 Å². The highest BCUT2D eigenvalue weighted by molar-refractivity contribution is 7.99. The van der Waals surface area contributed by atoms with Crippen molar-refractivity contribution < 1.29 is 24.3 Å². The molecule has 2 aromatic carbocycles. The number of hydrogen-bond donors (Lipinski definition) is 1. The molecule has 146 valence electrons. The molecule has 0 bridgehead atoms. The first-order chi connectivity index (χ1) is 13.3. The topological polar surface area (TPSA) is 168 Å². The van der Waals surface area contributed by atoms with Crippen LogP contribution in [0.3, 0.4) is 0 Å². The molecular weight excluding hydrogens is 396 g/mol. The van der Waals surface area contributed by atoms with Crippen LogP contribution in [-0.4, -0.2) is 27.8 Å². The molecule has 0 aliphatic rings. The molecule has 0 saturated carbocycles. The molecule has 2 aromatic rings. The SMILES string of the molecule is CCOc1cc(Sc2ccc([N+](=O)[O-])cc2[N+](=O)[O-])c(NC=O)c([N+](=O)[O-])c1. The molecule has 0 heterocycles. The lowest BCUT2D eigenvalue weighted by molar-refractivity contribution is -0.396. The third-order valence-electron chi connectivity index (χ3n) is 3.34. The first kappa shape index (κ1) is 20.6. The molecule has 2 rings (SSSR count). The average molecular weight is 408 g/mol. The third-order valence-corrected chi connectivity index (χ3v) is 4.44. The Morgan fingerprint density at radius 3 is 2.21 bits per heavy atom. The van der Waals surface area contributed by atoms with Gasteiger partial charge in [-0.25, -0.2) is 0 Å². The number of non-ortho nitro benzene ring substituents is 1. The van der Waals surface area contributed by atoms with Crippen molar-refractivity contribution in [3.63, 3.8) is 0 Å². The number of hydrogen-bond acceptors (Lipinski definition) is 9. The van der Waals surface area contributed by atoms with Crippen LogP contribution in [0.15, 0.2) is 40.1 Å². The second-order valence-corrected chi connectivity index (χ2v) is 6.12. The van der Waals surface area contributed by atoms with Gasteiger partial charge < -0.3 is 10.1 Å². The summed E-state index contributed by atoms with van der Waals surface area (Å²) in [5.41, 5.74) is -1.68. The first-order valence-electron chi connectivity index (χ1n) is 7.54. The second-order valence-electron chi connectivity index (χ2n) is 5.04. The maximum atomic E-state index is 11.4. The van der Waals surface area contributed by atoms with Crippen molar-refractivity contribution in [3.8, 4) is 5.75 Å². The van der Waals surface area contributed by atoms with Crippen molar-refractivity contribution in [3.05, 3.63) is 60.7 Å². The summed E-state index contributed by atoms with van der Waals surface area (Å²) in [6, 6.07) is 5.51. The van der Waals surface area contributed by atoms with Crippen LogP contribution in [-0.2, 0) is 4.79 Å². The van der Waals surface area contributed by atoms with Crippen LogP contribution >= 0.6 is 11.8 Å². The van der Waals surface area contributed by atoms with E-state index in [1.807, 2.05) is 0 Å². The van der Waals surface area contributed by atoms with Crippen molar-refractivity contribution in [2.24, 2.45) is 0 Å². The number of carbonyl (C=O) groups is 1. The standard InChI is InChI=1S/C15H12N4O8S/c1-2-27-10-6-12(19(25)26)15(16-8-20)14(7-10)28-13-4-3-9(17(21)22)5-11(13)18(23)24/h3-8H,2H2,1H3,(H,16,20). The molecule has 0 aromatic heterocycles. The predicted octanol–water partition coefficient (Wildman–Crippen LogP) is 3.53. The highest BCUT2D eigenvalue weighted by Crippen LogP contribution is 2.44. The highest BCUT2D eigenvalue weighted by Gasteiger charge is 2.25. The fourth-order valence-corrected chi connectivity index (χ4v) is 3.27. The summed E-state index contributed by atoms with van der Waals surface area (Å²) in [5, 5.41) is 35.7. The number of rotatable bonds is 9. The Kier molecular flexibility index (Phi) is 6.44. The van der Waals surface area contributed by atoms with E-state index in [9.17, 15) is 35.1 Å². The van der Waals surface area contributed by atoms with Gasteiger partial charge >= 0.3 is 0 Å². The molecule has 0 radical (unpaired) electrons. The van der Waals surface area contributed by atoms with Gasteiger partial charge in [0.15, 0.2) is 0 Å². The smallest absolute Gasteiger partial charge is 0.297 e. The van der Waals surface area contributed by atoms with Gasteiger partial charge in [0, 0.05) is 11.0 Å². The molecule has 0 spiro atoms. The van der Waals surface area contributed by atoms with Gasteiger partial charge in [-0.15, -0.1) is 0 Å². The number of nitro groups is 3. The fraction of sp³-hybridized carbons (Fsp3) is 0.133. The number of ether oxygens (including phenoxy) is 1. The van der Waals surface area contributed by atoms with Crippen molar-refractivity contribution in [2.45, 2.75) is 16.7 Å². The minimum absolute atomic E-state index is 0.00695. The van der Waals surface area contributed by atoms with Gasteiger partial charge in [-0.2, -0.15) is 0 Å². The summed E-state index contributed by atoms with van der Waals surface area (Å²) in [7, 11) is 0. The number of nitrogens with zero attached hydrogens (tertiary/aromatic N) is 3. The molecule has 12 nitrogen and oxygen atoms in total. The third kappa shape index (κ3) is 4.50. The lowest BCUT2D eigenvalue weighted by Gasteiger charge is -2.12. The van der Waals surface area contributed by atoms with E-state index in [1.165, 1.54) is 6.07 Å². The molecule has 0 aliphatic heterocycles. The number of benzene rings is 2. The van der Waals surface area contributed by atoms with Crippen LogP contribution in [0.1, 0.15) is 6.92 Å². The first-order valence-corrected chi connectivity index (χ1v) is 8.36. The Morgan fingerprint density at radius 1 is 1.00 bits per heavy atom. The number of nitrogens with one attached hydrogen (secondary N) is 1. The van der Waals surface area contributed by atoms with E-state index >= 15 is 0 Å². The van der Waals surface area contributed by atoms with Crippen molar-refractivity contribution in [1.82, 2.24) is 0 Å². The molecule has 13 heteroatoms. The molecule has 1 N–H and O–H groups in total. The molecule has 0 saturated heterocycles. The Morgan fingerprint density at radius 2 is 1.68 bits per heavy atom.